The van der Waals surface area contributed by atoms with Crippen LogP contribution in [0.2, 0.25) is 0 Å². The van der Waals surface area contributed by atoms with Gasteiger partial charge in [0.1, 0.15) is 0 Å². The third-order valence-electron chi connectivity index (χ3n) is 3.99. The number of carbonyl (C=O) groups is 1. The van der Waals surface area contributed by atoms with Crippen LogP contribution < -0.4 is 10.6 Å². The zero-order valence-corrected chi connectivity index (χ0v) is 13.3. The Hall–Kier alpha value is -0.700. The van der Waals surface area contributed by atoms with Crippen molar-refractivity contribution in [2.24, 2.45) is 0 Å². The smallest absolute Gasteiger partial charge is 0.222 e. The van der Waals surface area contributed by atoms with E-state index in [0.29, 0.717) is 45.5 Å². The molecule has 2 rings (SSSR count). The van der Waals surface area contributed by atoms with E-state index < -0.39 is 10.0 Å². The molecule has 1 unspecified atom stereocenters. The van der Waals surface area contributed by atoms with Gasteiger partial charge in [-0.2, -0.15) is 0 Å². The molecule has 0 aromatic carbocycles. The zero-order valence-electron chi connectivity index (χ0n) is 12.5. The molecule has 0 saturated carbocycles. The second-order valence-corrected chi connectivity index (χ2v) is 7.80. The first kappa shape index (κ1) is 16.7. The summed E-state index contributed by atoms with van der Waals surface area (Å²) in [6.45, 7) is 4.82. The van der Waals surface area contributed by atoms with Crippen LogP contribution >= 0.6 is 0 Å². The minimum Gasteiger partial charge on any atom is -0.375 e. The lowest BCUT2D eigenvalue weighted by molar-refractivity contribution is -0.125. The van der Waals surface area contributed by atoms with E-state index in [0.717, 1.165) is 6.54 Å². The lowest BCUT2D eigenvalue weighted by atomic mass is 10.1. The van der Waals surface area contributed by atoms with Crippen molar-refractivity contribution < 1.29 is 17.9 Å². The van der Waals surface area contributed by atoms with Gasteiger partial charge in [-0.15, -0.1) is 0 Å². The largest absolute Gasteiger partial charge is 0.375 e. The molecular weight excluding hydrogens is 294 g/mol. The standard InChI is InChI=1S/C13H25N3O4S/c1-2-21(18,19)16-6-3-11(4-7-16)15-13(17)9-12-10-14-5-8-20-12/h11-12,14H,2-10H2,1H3,(H,15,17). The molecule has 2 saturated heterocycles. The highest BCUT2D eigenvalue weighted by Crippen LogP contribution is 2.15. The Bertz CT molecular complexity index is 440. The van der Waals surface area contributed by atoms with Crippen molar-refractivity contribution in [3.8, 4) is 0 Å². The number of hydrogen-bond acceptors (Lipinski definition) is 5. The van der Waals surface area contributed by atoms with Gasteiger partial charge in [0, 0.05) is 32.2 Å². The molecule has 0 bridgehead atoms. The van der Waals surface area contributed by atoms with E-state index in [9.17, 15) is 13.2 Å². The van der Waals surface area contributed by atoms with Crippen molar-refractivity contribution in [2.45, 2.75) is 38.3 Å². The summed E-state index contributed by atoms with van der Waals surface area (Å²) in [6, 6.07) is 0.0670. The molecule has 0 aromatic rings. The van der Waals surface area contributed by atoms with Gasteiger partial charge >= 0.3 is 0 Å². The van der Waals surface area contributed by atoms with Gasteiger partial charge in [-0.1, -0.05) is 0 Å². The Balaban J connectivity index is 1.71. The van der Waals surface area contributed by atoms with Crippen LogP contribution in [0.5, 0.6) is 0 Å². The van der Waals surface area contributed by atoms with Crippen LogP contribution in [-0.4, -0.2) is 69.3 Å². The molecule has 2 fully saturated rings. The fourth-order valence-electron chi connectivity index (χ4n) is 2.71. The zero-order chi connectivity index (χ0) is 15.3. The van der Waals surface area contributed by atoms with Gasteiger partial charge in [0.15, 0.2) is 0 Å². The number of ether oxygens (including phenoxy) is 1. The molecule has 1 atom stereocenters. The van der Waals surface area contributed by atoms with Gasteiger partial charge in [0.05, 0.1) is 24.9 Å². The van der Waals surface area contributed by atoms with Crippen molar-refractivity contribution in [3.63, 3.8) is 0 Å². The Kier molecular flexibility index (Phi) is 5.98. The van der Waals surface area contributed by atoms with Gasteiger partial charge in [-0.05, 0) is 19.8 Å². The third-order valence-corrected chi connectivity index (χ3v) is 5.88. The van der Waals surface area contributed by atoms with E-state index in [1.54, 1.807) is 6.92 Å². The monoisotopic (exact) mass is 319 g/mol. The van der Waals surface area contributed by atoms with Crippen LogP contribution in [0.1, 0.15) is 26.2 Å². The summed E-state index contributed by atoms with van der Waals surface area (Å²) in [5.74, 6) is 0.122. The quantitative estimate of drug-likeness (QED) is 0.699. The van der Waals surface area contributed by atoms with Gasteiger partial charge < -0.3 is 15.4 Å². The topological polar surface area (TPSA) is 87.7 Å². The predicted octanol–water partition coefficient (Wildman–Crippen LogP) is -0.705. The maximum absolute atomic E-state index is 12.0. The maximum atomic E-state index is 12.0. The van der Waals surface area contributed by atoms with Crippen LogP contribution in [0.15, 0.2) is 0 Å². The maximum Gasteiger partial charge on any atom is 0.222 e. The van der Waals surface area contributed by atoms with E-state index in [2.05, 4.69) is 10.6 Å². The molecule has 2 aliphatic heterocycles. The molecule has 0 spiro atoms. The number of hydrogen-bond donors (Lipinski definition) is 2. The molecule has 2 aliphatic rings. The highest BCUT2D eigenvalue weighted by atomic mass is 32.2. The molecule has 2 heterocycles. The average molecular weight is 319 g/mol. The summed E-state index contributed by atoms with van der Waals surface area (Å²) in [4.78, 5) is 12.0. The van der Waals surface area contributed by atoms with Crippen molar-refractivity contribution in [1.29, 1.82) is 0 Å². The van der Waals surface area contributed by atoms with Crippen molar-refractivity contribution in [1.82, 2.24) is 14.9 Å². The number of nitrogens with zero attached hydrogens (tertiary/aromatic N) is 1. The lowest BCUT2D eigenvalue weighted by Crippen LogP contribution is -2.48. The summed E-state index contributed by atoms with van der Waals surface area (Å²) in [6.07, 6.45) is 1.66. The Labute approximate surface area is 126 Å². The molecule has 0 radical (unpaired) electrons. The summed E-state index contributed by atoms with van der Waals surface area (Å²) in [5.41, 5.74) is 0. The highest BCUT2D eigenvalue weighted by Gasteiger charge is 2.28. The minimum absolute atomic E-state index is 0.0134. The van der Waals surface area contributed by atoms with E-state index in [-0.39, 0.29) is 23.8 Å². The number of piperidine rings is 1. The van der Waals surface area contributed by atoms with Crippen molar-refractivity contribution in [3.05, 3.63) is 0 Å². The summed E-state index contributed by atoms with van der Waals surface area (Å²) in [7, 11) is -3.10. The van der Waals surface area contributed by atoms with Gasteiger partial charge in [0.2, 0.25) is 15.9 Å². The van der Waals surface area contributed by atoms with Crippen molar-refractivity contribution >= 4 is 15.9 Å². The third kappa shape index (κ3) is 4.91. The summed E-state index contributed by atoms with van der Waals surface area (Å²) in [5, 5.41) is 6.18. The molecule has 8 heteroatoms. The minimum atomic E-state index is -3.10. The van der Waals surface area contributed by atoms with Crippen LogP contribution in [0.4, 0.5) is 0 Å². The van der Waals surface area contributed by atoms with Crippen molar-refractivity contribution in [2.75, 3.05) is 38.5 Å². The normalized spacial score (nSPS) is 25.7. The van der Waals surface area contributed by atoms with E-state index >= 15 is 0 Å². The first-order chi connectivity index (χ1) is 10.0. The Morgan fingerprint density at radius 2 is 2.10 bits per heavy atom. The number of carbonyl (C=O) groups excluding carboxylic acids is 1. The van der Waals surface area contributed by atoms with E-state index in [1.807, 2.05) is 0 Å². The second-order valence-electron chi connectivity index (χ2n) is 5.54. The molecule has 1 amide bonds. The molecule has 0 aliphatic carbocycles. The molecule has 7 nitrogen and oxygen atoms in total. The number of sulfonamides is 1. The van der Waals surface area contributed by atoms with Gasteiger partial charge in [-0.25, -0.2) is 12.7 Å². The lowest BCUT2D eigenvalue weighted by Gasteiger charge is -2.32. The summed E-state index contributed by atoms with van der Waals surface area (Å²) < 4.78 is 30.5. The summed E-state index contributed by atoms with van der Waals surface area (Å²) >= 11 is 0. The number of amides is 1. The molecule has 0 aromatic heterocycles. The number of morpholine rings is 1. The average Bonchev–Trinajstić information content (AvgIpc) is 2.48. The van der Waals surface area contributed by atoms with E-state index in [1.165, 1.54) is 4.31 Å². The van der Waals surface area contributed by atoms with Crippen LogP contribution in [0.25, 0.3) is 0 Å². The second kappa shape index (κ2) is 7.53. The van der Waals surface area contributed by atoms with Crippen LogP contribution in [0, 0.1) is 0 Å². The Morgan fingerprint density at radius 3 is 2.67 bits per heavy atom. The SMILES string of the molecule is CCS(=O)(=O)N1CCC(NC(=O)CC2CNCCO2)CC1. The fraction of sp³-hybridized carbons (Fsp3) is 0.923. The molecule has 21 heavy (non-hydrogen) atoms. The predicted molar refractivity (Wildman–Crippen MR) is 79.4 cm³/mol. The van der Waals surface area contributed by atoms with Crippen LogP contribution in [-0.2, 0) is 19.6 Å². The van der Waals surface area contributed by atoms with Gasteiger partial charge in [-0.3, -0.25) is 4.79 Å². The highest BCUT2D eigenvalue weighted by molar-refractivity contribution is 7.89. The van der Waals surface area contributed by atoms with Gasteiger partial charge in [0.25, 0.3) is 0 Å². The fourth-order valence-corrected chi connectivity index (χ4v) is 3.84. The molecule has 122 valence electrons. The first-order valence-electron chi connectivity index (χ1n) is 7.60. The Morgan fingerprint density at radius 1 is 1.38 bits per heavy atom. The van der Waals surface area contributed by atoms with E-state index in [4.69, 9.17) is 4.74 Å². The first-order valence-corrected chi connectivity index (χ1v) is 9.21. The molecular formula is C13H25N3O4S. The molecule has 2 N–H and O–H groups in total. The number of rotatable bonds is 5. The number of nitrogens with one attached hydrogen (secondary N) is 2. The van der Waals surface area contributed by atoms with Crippen LogP contribution in [0.3, 0.4) is 0 Å².